The minimum Gasteiger partial charge on any atom is -0.496 e. The number of aliphatic imine (C=N–C) groups is 1. The van der Waals surface area contributed by atoms with E-state index in [0.717, 1.165) is 0 Å². The van der Waals surface area contributed by atoms with Crippen LogP contribution in [0, 0.1) is 0 Å². The van der Waals surface area contributed by atoms with Gasteiger partial charge in [0.1, 0.15) is 11.6 Å². The number of benzene rings is 2. The van der Waals surface area contributed by atoms with E-state index in [1.54, 1.807) is 37.4 Å². The van der Waals surface area contributed by atoms with Crippen molar-refractivity contribution >= 4 is 21.8 Å². The number of hydrogen-bond donors (Lipinski definition) is 1. The predicted molar refractivity (Wildman–Crippen MR) is 109 cm³/mol. The summed E-state index contributed by atoms with van der Waals surface area (Å²) in [6.45, 7) is -0.131. The van der Waals surface area contributed by atoms with Crippen molar-refractivity contribution in [2.45, 2.75) is 17.9 Å². The average molecular weight is 442 g/mol. The van der Waals surface area contributed by atoms with Crippen LogP contribution in [0.2, 0.25) is 0 Å². The van der Waals surface area contributed by atoms with Gasteiger partial charge in [-0.3, -0.25) is 14.5 Å². The Labute approximate surface area is 178 Å². The van der Waals surface area contributed by atoms with Gasteiger partial charge in [-0.05, 0) is 24.3 Å². The van der Waals surface area contributed by atoms with Crippen molar-refractivity contribution in [3.05, 3.63) is 60.0 Å². The smallest absolute Gasteiger partial charge is 0.308 e. The van der Waals surface area contributed by atoms with Gasteiger partial charge in [-0.15, -0.1) is 0 Å². The van der Waals surface area contributed by atoms with Crippen molar-refractivity contribution in [3.63, 3.8) is 0 Å². The topological polar surface area (TPSA) is 133 Å². The summed E-state index contributed by atoms with van der Waals surface area (Å²) in [7, 11) is -2.07. The molecule has 0 atom stereocenters. The number of ether oxygens (including phenoxy) is 2. The molecule has 11 heteroatoms. The molecule has 1 aliphatic heterocycles. The van der Waals surface area contributed by atoms with Crippen LogP contribution in [-0.2, 0) is 26.2 Å². The number of sulfonamides is 1. The van der Waals surface area contributed by atoms with Crippen LogP contribution in [0.15, 0.2) is 62.9 Å². The van der Waals surface area contributed by atoms with E-state index >= 15 is 0 Å². The van der Waals surface area contributed by atoms with Crippen LogP contribution in [0.1, 0.15) is 17.9 Å². The number of fused-ring (bicyclic) bond motifs is 1. The molecule has 4 rings (SSSR count). The van der Waals surface area contributed by atoms with E-state index in [0.29, 0.717) is 22.7 Å². The number of rotatable bonds is 7. The van der Waals surface area contributed by atoms with Crippen LogP contribution in [0.5, 0.6) is 5.75 Å². The second-order valence-corrected chi connectivity index (χ2v) is 8.11. The van der Waals surface area contributed by atoms with Crippen LogP contribution >= 0.6 is 0 Å². The lowest BCUT2D eigenvalue weighted by Crippen LogP contribution is -2.22. The highest BCUT2D eigenvalue weighted by molar-refractivity contribution is 7.90. The van der Waals surface area contributed by atoms with Crippen molar-refractivity contribution in [2.24, 2.45) is 4.99 Å². The zero-order valence-electron chi connectivity index (χ0n) is 16.4. The number of para-hydroxylation sites is 1. The molecule has 2 aromatic carbocycles. The number of aromatic nitrogens is 2. The molecule has 31 heavy (non-hydrogen) atoms. The molecule has 160 valence electrons. The summed E-state index contributed by atoms with van der Waals surface area (Å²) in [4.78, 5) is 20.6. The van der Waals surface area contributed by atoms with Gasteiger partial charge < -0.3 is 14.0 Å². The molecule has 0 spiro atoms. The Morgan fingerprint density at radius 2 is 1.87 bits per heavy atom. The quantitative estimate of drug-likeness (QED) is 0.549. The molecule has 0 unspecified atom stereocenters. The maximum absolute atomic E-state index is 12.0. The third kappa shape index (κ3) is 4.40. The molecule has 10 nitrogen and oxygen atoms in total. The van der Waals surface area contributed by atoms with Crippen molar-refractivity contribution in [1.82, 2.24) is 14.9 Å². The standard InChI is InChI=1S/C20H18N4O6S/c1-28-15-8-4-2-6-13(15)20-22-17(30-23-20)12-29-18(25)10-11-21-19-14-7-3-5-9-16(14)31(26,27)24-19/h2-9H,10-12H2,1H3,(H,21,24). The first-order valence-electron chi connectivity index (χ1n) is 9.26. The maximum atomic E-state index is 12.0. The number of carbonyl (C=O) groups excluding carboxylic acids is 1. The average Bonchev–Trinajstić information content (AvgIpc) is 3.35. The molecule has 0 fully saturated rings. The molecule has 3 aromatic rings. The van der Waals surface area contributed by atoms with Gasteiger partial charge in [-0.2, -0.15) is 4.98 Å². The van der Waals surface area contributed by atoms with Crippen molar-refractivity contribution < 1.29 is 27.2 Å². The lowest BCUT2D eigenvalue weighted by Gasteiger charge is -2.03. The van der Waals surface area contributed by atoms with Gasteiger partial charge in [0.05, 0.1) is 30.5 Å². The minimum absolute atomic E-state index is 0.0408. The van der Waals surface area contributed by atoms with E-state index in [2.05, 4.69) is 19.9 Å². The SMILES string of the molecule is COc1ccccc1-c1noc(COC(=O)CCN=C2NS(=O)(=O)c3ccccc32)n1. The van der Waals surface area contributed by atoms with Crippen molar-refractivity contribution in [1.29, 1.82) is 0 Å². The third-order valence-electron chi connectivity index (χ3n) is 4.42. The number of nitrogens with one attached hydrogen (secondary N) is 1. The Morgan fingerprint density at radius 1 is 1.13 bits per heavy atom. The van der Waals surface area contributed by atoms with Gasteiger partial charge in [0.2, 0.25) is 5.82 Å². The highest BCUT2D eigenvalue weighted by Crippen LogP contribution is 2.27. The summed E-state index contributed by atoms with van der Waals surface area (Å²) < 4.78 is 42.0. The molecule has 1 N–H and O–H groups in total. The molecule has 0 radical (unpaired) electrons. The number of amidine groups is 1. The number of carbonyl (C=O) groups is 1. The Balaban J connectivity index is 1.32. The van der Waals surface area contributed by atoms with E-state index in [1.165, 1.54) is 6.07 Å². The predicted octanol–water partition coefficient (Wildman–Crippen LogP) is 1.92. The summed E-state index contributed by atoms with van der Waals surface area (Å²) in [5.74, 6) is 0.729. The lowest BCUT2D eigenvalue weighted by atomic mass is 10.2. The summed E-state index contributed by atoms with van der Waals surface area (Å²) in [5, 5.41) is 3.88. The monoisotopic (exact) mass is 442 g/mol. The Bertz CT molecular complexity index is 1250. The summed E-state index contributed by atoms with van der Waals surface area (Å²) >= 11 is 0. The highest BCUT2D eigenvalue weighted by Gasteiger charge is 2.30. The minimum atomic E-state index is -3.61. The van der Waals surface area contributed by atoms with E-state index in [9.17, 15) is 13.2 Å². The molecule has 0 bridgehead atoms. The summed E-state index contributed by atoms with van der Waals surface area (Å²) in [6, 6.07) is 13.7. The normalized spacial score (nSPS) is 15.3. The molecule has 1 aromatic heterocycles. The fraction of sp³-hybridized carbons (Fsp3) is 0.200. The Kier molecular flexibility index (Phi) is 5.67. The van der Waals surface area contributed by atoms with Crippen LogP contribution in [-0.4, -0.2) is 44.0 Å². The fourth-order valence-electron chi connectivity index (χ4n) is 2.98. The largest absolute Gasteiger partial charge is 0.496 e. The molecule has 2 heterocycles. The van der Waals surface area contributed by atoms with Crippen LogP contribution in [0.3, 0.4) is 0 Å². The summed E-state index contributed by atoms with van der Waals surface area (Å²) in [5.41, 5.74) is 1.13. The molecule has 0 saturated carbocycles. The Morgan fingerprint density at radius 3 is 2.68 bits per heavy atom. The second kappa shape index (κ2) is 8.56. The number of methoxy groups -OCH3 is 1. The number of nitrogens with zero attached hydrogens (tertiary/aromatic N) is 3. The van der Waals surface area contributed by atoms with Crippen LogP contribution in [0.4, 0.5) is 0 Å². The van der Waals surface area contributed by atoms with Gasteiger partial charge in [-0.1, -0.05) is 29.4 Å². The van der Waals surface area contributed by atoms with Gasteiger partial charge in [-0.25, -0.2) is 8.42 Å². The maximum Gasteiger partial charge on any atom is 0.308 e. The van der Waals surface area contributed by atoms with Crippen LogP contribution in [0.25, 0.3) is 11.4 Å². The Hall–Kier alpha value is -3.73. The zero-order valence-corrected chi connectivity index (χ0v) is 17.3. The van der Waals surface area contributed by atoms with E-state index in [-0.39, 0.29) is 36.2 Å². The van der Waals surface area contributed by atoms with Gasteiger partial charge in [0.15, 0.2) is 6.61 Å². The van der Waals surface area contributed by atoms with E-state index in [1.807, 2.05) is 12.1 Å². The molecule has 0 amide bonds. The third-order valence-corrected chi connectivity index (χ3v) is 5.82. The van der Waals surface area contributed by atoms with Gasteiger partial charge >= 0.3 is 5.97 Å². The van der Waals surface area contributed by atoms with Gasteiger partial charge in [0, 0.05) is 5.56 Å². The zero-order chi connectivity index (χ0) is 21.8. The molecule has 0 aliphatic carbocycles. The van der Waals surface area contributed by atoms with Crippen LogP contribution < -0.4 is 9.46 Å². The first-order valence-corrected chi connectivity index (χ1v) is 10.7. The van der Waals surface area contributed by atoms with E-state index in [4.69, 9.17) is 14.0 Å². The van der Waals surface area contributed by atoms with E-state index < -0.39 is 16.0 Å². The van der Waals surface area contributed by atoms with Crippen molar-refractivity contribution in [3.8, 4) is 17.1 Å². The number of esters is 1. The summed E-state index contributed by atoms with van der Waals surface area (Å²) in [6.07, 6.45) is -0.0408. The van der Waals surface area contributed by atoms with Crippen molar-refractivity contribution in [2.75, 3.05) is 13.7 Å². The first-order chi connectivity index (χ1) is 15.0. The highest BCUT2D eigenvalue weighted by atomic mass is 32.2. The lowest BCUT2D eigenvalue weighted by molar-refractivity contribution is -0.145. The molecular formula is C20H18N4O6S. The number of hydrogen-bond acceptors (Lipinski definition) is 9. The molecule has 0 saturated heterocycles. The fourth-order valence-corrected chi connectivity index (χ4v) is 4.23. The second-order valence-electron chi connectivity index (χ2n) is 6.45. The molecule has 1 aliphatic rings. The molecular weight excluding hydrogens is 424 g/mol. The first kappa shape index (κ1) is 20.5. The van der Waals surface area contributed by atoms with Gasteiger partial charge in [0.25, 0.3) is 15.9 Å².